The van der Waals surface area contributed by atoms with E-state index in [0.717, 1.165) is 23.4 Å². The molecule has 0 aliphatic carbocycles. The van der Waals surface area contributed by atoms with E-state index in [9.17, 15) is 4.79 Å². The minimum atomic E-state index is -0.0850. The SMILES string of the molecule is COc1ccc(-c2ccc(=O)n(CCc3ccccc3)n2)cc1. The Morgan fingerprint density at radius 3 is 2.39 bits per heavy atom. The van der Waals surface area contributed by atoms with Crippen LogP contribution in [0, 0.1) is 0 Å². The van der Waals surface area contributed by atoms with Crippen LogP contribution >= 0.6 is 0 Å². The zero-order chi connectivity index (χ0) is 16.1. The van der Waals surface area contributed by atoms with Gasteiger partial charge in [-0.15, -0.1) is 0 Å². The highest BCUT2D eigenvalue weighted by molar-refractivity contribution is 5.59. The summed E-state index contributed by atoms with van der Waals surface area (Å²) in [5.41, 5.74) is 2.84. The van der Waals surface area contributed by atoms with Crippen molar-refractivity contribution < 1.29 is 4.74 Å². The summed E-state index contributed by atoms with van der Waals surface area (Å²) in [6.07, 6.45) is 0.778. The fraction of sp³-hybridized carbons (Fsp3) is 0.158. The van der Waals surface area contributed by atoms with Crippen molar-refractivity contribution in [2.24, 2.45) is 0 Å². The molecule has 4 heteroatoms. The second-order valence-electron chi connectivity index (χ2n) is 5.24. The van der Waals surface area contributed by atoms with E-state index in [0.29, 0.717) is 6.54 Å². The van der Waals surface area contributed by atoms with Gasteiger partial charge in [-0.1, -0.05) is 30.3 Å². The normalized spacial score (nSPS) is 10.5. The Balaban J connectivity index is 1.82. The maximum absolute atomic E-state index is 12.0. The number of rotatable bonds is 5. The van der Waals surface area contributed by atoms with Crippen molar-refractivity contribution in [1.82, 2.24) is 9.78 Å². The molecule has 3 rings (SSSR count). The van der Waals surface area contributed by atoms with Crippen LogP contribution in [0.15, 0.2) is 71.5 Å². The monoisotopic (exact) mass is 306 g/mol. The first-order valence-corrected chi connectivity index (χ1v) is 7.53. The summed E-state index contributed by atoms with van der Waals surface area (Å²) in [5.74, 6) is 0.797. The average Bonchev–Trinajstić information content (AvgIpc) is 2.62. The van der Waals surface area contributed by atoms with Crippen molar-refractivity contribution in [1.29, 1.82) is 0 Å². The minimum absolute atomic E-state index is 0.0850. The number of aryl methyl sites for hydroxylation is 2. The molecule has 0 aliphatic heterocycles. The van der Waals surface area contributed by atoms with Crippen molar-refractivity contribution in [3.63, 3.8) is 0 Å². The molecule has 0 amide bonds. The van der Waals surface area contributed by atoms with Crippen LogP contribution in [-0.4, -0.2) is 16.9 Å². The summed E-state index contributed by atoms with van der Waals surface area (Å²) >= 11 is 0. The lowest BCUT2D eigenvalue weighted by molar-refractivity contribution is 0.415. The van der Waals surface area contributed by atoms with E-state index >= 15 is 0 Å². The van der Waals surface area contributed by atoms with Crippen LogP contribution in [0.4, 0.5) is 0 Å². The molecular formula is C19H18N2O2. The Morgan fingerprint density at radius 2 is 1.70 bits per heavy atom. The Labute approximate surface area is 135 Å². The number of methoxy groups -OCH3 is 1. The van der Waals surface area contributed by atoms with Gasteiger partial charge in [-0.05, 0) is 42.3 Å². The molecule has 4 nitrogen and oxygen atoms in total. The second-order valence-corrected chi connectivity index (χ2v) is 5.24. The predicted octanol–water partition coefficient (Wildman–Crippen LogP) is 3.16. The highest BCUT2D eigenvalue weighted by atomic mass is 16.5. The van der Waals surface area contributed by atoms with Gasteiger partial charge in [-0.3, -0.25) is 4.79 Å². The van der Waals surface area contributed by atoms with Gasteiger partial charge < -0.3 is 4.74 Å². The first-order valence-electron chi connectivity index (χ1n) is 7.53. The highest BCUT2D eigenvalue weighted by Crippen LogP contribution is 2.19. The molecule has 0 saturated heterocycles. The smallest absolute Gasteiger partial charge is 0.266 e. The van der Waals surface area contributed by atoms with Gasteiger partial charge in [0.25, 0.3) is 5.56 Å². The van der Waals surface area contributed by atoms with Crippen LogP contribution in [0.2, 0.25) is 0 Å². The van der Waals surface area contributed by atoms with E-state index in [-0.39, 0.29) is 5.56 Å². The fourth-order valence-electron chi connectivity index (χ4n) is 2.40. The molecule has 3 aromatic rings. The third kappa shape index (κ3) is 3.66. The van der Waals surface area contributed by atoms with Crippen LogP contribution in [0.5, 0.6) is 5.75 Å². The van der Waals surface area contributed by atoms with Gasteiger partial charge in [0.15, 0.2) is 0 Å². The van der Waals surface area contributed by atoms with E-state index < -0.39 is 0 Å². The van der Waals surface area contributed by atoms with Crippen LogP contribution in [0.25, 0.3) is 11.3 Å². The molecule has 0 bridgehead atoms. The summed E-state index contributed by atoms with van der Waals surface area (Å²) in [7, 11) is 1.64. The maximum Gasteiger partial charge on any atom is 0.266 e. The number of ether oxygens (including phenoxy) is 1. The number of nitrogens with zero attached hydrogens (tertiary/aromatic N) is 2. The van der Waals surface area contributed by atoms with Crippen LogP contribution in [0.3, 0.4) is 0 Å². The van der Waals surface area contributed by atoms with Crippen molar-refractivity contribution in [2.45, 2.75) is 13.0 Å². The van der Waals surface area contributed by atoms with Gasteiger partial charge >= 0.3 is 0 Å². The number of benzene rings is 2. The van der Waals surface area contributed by atoms with Crippen molar-refractivity contribution in [2.75, 3.05) is 7.11 Å². The summed E-state index contributed by atoms with van der Waals surface area (Å²) in [6, 6.07) is 21.1. The zero-order valence-corrected chi connectivity index (χ0v) is 13.0. The van der Waals surface area contributed by atoms with Gasteiger partial charge in [0.2, 0.25) is 0 Å². The Bertz CT molecular complexity index is 824. The first-order chi connectivity index (χ1) is 11.3. The molecule has 0 spiro atoms. The molecule has 0 fully saturated rings. The number of aromatic nitrogens is 2. The molecule has 116 valence electrons. The Hall–Kier alpha value is -2.88. The summed E-state index contributed by atoms with van der Waals surface area (Å²) in [5, 5.41) is 4.48. The lowest BCUT2D eigenvalue weighted by atomic mass is 10.1. The molecule has 0 atom stereocenters. The molecule has 1 aromatic heterocycles. The van der Waals surface area contributed by atoms with Crippen molar-refractivity contribution in [3.8, 4) is 17.0 Å². The highest BCUT2D eigenvalue weighted by Gasteiger charge is 2.04. The third-order valence-electron chi connectivity index (χ3n) is 3.71. The molecule has 2 aromatic carbocycles. The summed E-state index contributed by atoms with van der Waals surface area (Å²) in [4.78, 5) is 12.0. The van der Waals surface area contributed by atoms with E-state index in [1.807, 2.05) is 42.5 Å². The molecule has 0 unspecified atom stereocenters. The van der Waals surface area contributed by atoms with Crippen molar-refractivity contribution >= 4 is 0 Å². The largest absolute Gasteiger partial charge is 0.497 e. The van der Waals surface area contributed by atoms with Gasteiger partial charge in [-0.25, -0.2) is 4.68 Å². The Morgan fingerprint density at radius 1 is 0.957 bits per heavy atom. The molecule has 1 heterocycles. The van der Waals surface area contributed by atoms with Crippen molar-refractivity contribution in [3.05, 3.63) is 82.6 Å². The lowest BCUT2D eigenvalue weighted by Gasteiger charge is -2.08. The van der Waals surface area contributed by atoms with Gasteiger partial charge in [-0.2, -0.15) is 5.10 Å². The first kappa shape index (κ1) is 15.0. The van der Waals surface area contributed by atoms with Crippen LogP contribution in [-0.2, 0) is 13.0 Å². The van der Waals surface area contributed by atoms with Gasteiger partial charge in [0.1, 0.15) is 5.75 Å². The standard InChI is InChI=1S/C19H18N2O2/c1-23-17-9-7-16(8-10-17)18-11-12-19(22)21(20-18)14-13-15-5-3-2-4-6-15/h2-12H,13-14H2,1H3. The van der Waals surface area contributed by atoms with Crippen LogP contribution < -0.4 is 10.3 Å². The van der Waals surface area contributed by atoms with Gasteiger partial charge in [0.05, 0.1) is 12.8 Å². The molecule has 0 radical (unpaired) electrons. The molecule has 0 aliphatic rings. The topological polar surface area (TPSA) is 44.1 Å². The van der Waals surface area contributed by atoms with E-state index in [4.69, 9.17) is 4.74 Å². The number of hydrogen-bond donors (Lipinski definition) is 0. The van der Waals surface area contributed by atoms with E-state index in [2.05, 4.69) is 17.2 Å². The predicted molar refractivity (Wildman–Crippen MR) is 90.6 cm³/mol. The number of hydrogen-bond acceptors (Lipinski definition) is 3. The van der Waals surface area contributed by atoms with Gasteiger partial charge in [0, 0.05) is 18.2 Å². The average molecular weight is 306 g/mol. The molecular weight excluding hydrogens is 288 g/mol. The maximum atomic E-state index is 12.0. The zero-order valence-electron chi connectivity index (χ0n) is 13.0. The third-order valence-corrected chi connectivity index (χ3v) is 3.71. The van der Waals surface area contributed by atoms with E-state index in [1.54, 1.807) is 19.2 Å². The lowest BCUT2D eigenvalue weighted by Crippen LogP contribution is -2.23. The summed E-state index contributed by atoms with van der Waals surface area (Å²) < 4.78 is 6.68. The molecule has 0 saturated carbocycles. The minimum Gasteiger partial charge on any atom is -0.497 e. The summed E-state index contributed by atoms with van der Waals surface area (Å²) in [6.45, 7) is 0.562. The molecule has 23 heavy (non-hydrogen) atoms. The Kier molecular flexibility index (Phi) is 4.52. The fourth-order valence-corrected chi connectivity index (χ4v) is 2.40. The van der Waals surface area contributed by atoms with Crippen LogP contribution in [0.1, 0.15) is 5.56 Å². The second kappa shape index (κ2) is 6.92. The molecule has 0 N–H and O–H groups in total. The quantitative estimate of drug-likeness (QED) is 0.727. The van der Waals surface area contributed by atoms with E-state index in [1.165, 1.54) is 10.2 Å².